The second kappa shape index (κ2) is 10.3. The average Bonchev–Trinajstić information content (AvgIpc) is 2.84. The van der Waals surface area contributed by atoms with Gasteiger partial charge in [-0.3, -0.25) is 9.36 Å². The SMILES string of the molecule is C=C/C=C(\C=C/C)Nc1cc(=O)c2cnc(OCc3ccccc3)cc2n1-c1ccccc1. The van der Waals surface area contributed by atoms with Crippen LogP contribution in [0.15, 0.2) is 120 Å². The molecule has 0 saturated heterocycles. The Morgan fingerprint density at radius 1 is 1.09 bits per heavy atom. The third-order valence-corrected chi connectivity index (χ3v) is 5.03. The van der Waals surface area contributed by atoms with Crippen LogP contribution < -0.4 is 15.5 Å². The first kappa shape index (κ1) is 21.8. The van der Waals surface area contributed by atoms with Crippen molar-refractivity contribution in [1.82, 2.24) is 9.55 Å². The summed E-state index contributed by atoms with van der Waals surface area (Å²) in [7, 11) is 0. The first-order valence-electron chi connectivity index (χ1n) is 10.7. The second-order valence-corrected chi connectivity index (χ2v) is 7.36. The molecule has 0 aliphatic rings. The van der Waals surface area contributed by atoms with Crippen LogP contribution in [0, 0.1) is 0 Å². The second-order valence-electron chi connectivity index (χ2n) is 7.36. The Balaban J connectivity index is 1.85. The molecular formula is C28H25N3O2. The van der Waals surface area contributed by atoms with E-state index in [0.29, 0.717) is 29.2 Å². The first-order chi connectivity index (χ1) is 16.2. The van der Waals surface area contributed by atoms with Crippen LogP contribution in [0.4, 0.5) is 5.82 Å². The number of nitrogens with one attached hydrogen (secondary N) is 1. The molecular weight excluding hydrogens is 410 g/mol. The highest BCUT2D eigenvalue weighted by Crippen LogP contribution is 2.26. The Morgan fingerprint density at radius 3 is 2.52 bits per heavy atom. The van der Waals surface area contributed by atoms with Gasteiger partial charge in [0.05, 0.1) is 10.9 Å². The molecule has 5 heteroatoms. The van der Waals surface area contributed by atoms with Gasteiger partial charge >= 0.3 is 0 Å². The summed E-state index contributed by atoms with van der Waals surface area (Å²) < 4.78 is 7.94. The minimum absolute atomic E-state index is 0.125. The molecule has 5 nitrogen and oxygen atoms in total. The Hall–Kier alpha value is -4.38. The highest BCUT2D eigenvalue weighted by atomic mass is 16.5. The fraction of sp³-hybridized carbons (Fsp3) is 0.0714. The smallest absolute Gasteiger partial charge is 0.215 e. The number of rotatable bonds is 8. The molecule has 0 radical (unpaired) electrons. The van der Waals surface area contributed by atoms with Crippen molar-refractivity contribution in [3.05, 3.63) is 131 Å². The van der Waals surface area contributed by atoms with E-state index in [4.69, 9.17) is 4.74 Å². The Labute approximate surface area is 193 Å². The molecule has 0 aliphatic carbocycles. The molecule has 2 aromatic carbocycles. The predicted molar refractivity (Wildman–Crippen MR) is 135 cm³/mol. The van der Waals surface area contributed by atoms with E-state index >= 15 is 0 Å². The molecule has 4 aromatic rings. The lowest BCUT2D eigenvalue weighted by molar-refractivity contribution is 0.294. The van der Waals surface area contributed by atoms with Gasteiger partial charge in [0.2, 0.25) is 5.88 Å². The summed E-state index contributed by atoms with van der Waals surface area (Å²) in [6.45, 7) is 6.11. The van der Waals surface area contributed by atoms with Crippen molar-refractivity contribution in [3.8, 4) is 11.6 Å². The third kappa shape index (κ3) is 5.10. The van der Waals surface area contributed by atoms with Gasteiger partial charge in [0.15, 0.2) is 5.43 Å². The van der Waals surface area contributed by atoms with Crippen molar-refractivity contribution in [2.45, 2.75) is 13.5 Å². The molecule has 0 unspecified atom stereocenters. The number of hydrogen-bond donors (Lipinski definition) is 1. The van der Waals surface area contributed by atoms with Crippen LogP contribution in [0.25, 0.3) is 16.6 Å². The molecule has 0 bridgehead atoms. The number of aromatic nitrogens is 2. The summed E-state index contributed by atoms with van der Waals surface area (Å²) >= 11 is 0. The number of anilines is 1. The molecule has 0 saturated carbocycles. The summed E-state index contributed by atoms with van der Waals surface area (Å²) in [4.78, 5) is 17.4. The fourth-order valence-corrected chi connectivity index (χ4v) is 3.55. The van der Waals surface area contributed by atoms with Gasteiger partial charge in [-0.1, -0.05) is 67.3 Å². The molecule has 33 heavy (non-hydrogen) atoms. The van der Waals surface area contributed by atoms with Gasteiger partial charge in [-0.15, -0.1) is 0 Å². The Bertz CT molecular complexity index is 1370. The molecule has 164 valence electrons. The maximum atomic E-state index is 13.0. The third-order valence-electron chi connectivity index (χ3n) is 5.03. The van der Waals surface area contributed by atoms with Crippen molar-refractivity contribution >= 4 is 16.7 Å². The molecule has 4 rings (SSSR count). The van der Waals surface area contributed by atoms with Crippen molar-refractivity contribution < 1.29 is 4.74 Å². The Kier molecular flexibility index (Phi) is 6.81. The van der Waals surface area contributed by atoms with Crippen LogP contribution in [-0.4, -0.2) is 9.55 Å². The Morgan fingerprint density at radius 2 is 1.82 bits per heavy atom. The van der Waals surface area contributed by atoms with Gasteiger partial charge in [0.1, 0.15) is 12.4 Å². The van der Waals surface area contributed by atoms with Crippen LogP contribution in [0.1, 0.15) is 12.5 Å². The number of hydrogen-bond acceptors (Lipinski definition) is 4. The average molecular weight is 436 g/mol. The highest BCUT2D eigenvalue weighted by Gasteiger charge is 2.13. The van der Waals surface area contributed by atoms with Gasteiger partial charge in [-0.25, -0.2) is 4.98 Å². The minimum atomic E-state index is -0.125. The number of ether oxygens (including phenoxy) is 1. The zero-order chi connectivity index (χ0) is 23.0. The fourth-order valence-electron chi connectivity index (χ4n) is 3.55. The number of benzene rings is 2. The summed E-state index contributed by atoms with van der Waals surface area (Å²) in [5, 5.41) is 3.87. The lowest BCUT2D eigenvalue weighted by Gasteiger charge is -2.19. The van der Waals surface area contributed by atoms with E-state index in [-0.39, 0.29) is 5.43 Å². The monoisotopic (exact) mass is 435 g/mol. The van der Waals surface area contributed by atoms with Gasteiger partial charge in [0.25, 0.3) is 0 Å². The summed E-state index contributed by atoms with van der Waals surface area (Å²) in [6, 6.07) is 23.2. The summed E-state index contributed by atoms with van der Waals surface area (Å²) in [5.41, 5.74) is 3.34. The van der Waals surface area contributed by atoms with E-state index in [1.807, 2.05) is 96.4 Å². The normalized spacial score (nSPS) is 11.6. The van der Waals surface area contributed by atoms with E-state index in [1.165, 1.54) is 0 Å². The van der Waals surface area contributed by atoms with Crippen LogP contribution in [0.5, 0.6) is 5.88 Å². The zero-order valence-corrected chi connectivity index (χ0v) is 18.4. The summed E-state index contributed by atoms with van der Waals surface area (Å²) in [5.74, 6) is 1.08. The predicted octanol–water partition coefficient (Wildman–Crippen LogP) is 6.02. The number of nitrogens with zero attached hydrogens (tertiary/aromatic N) is 2. The molecule has 0 spiro atoms. The van der Waals surface area contributed by atoms with Crippen LogP contribution >= 0.6 is 0 Å². The van der Waals surface area contributed by atoms with Crippen molar-refractivity contribution in [2.24, 2.45) is 0 Å². The highest BCUT2D eigenvalue weighted by molar-refractivity contribution is 5.83. The molecule has 0 aliphatic heterocycles. The molecule has 1 N–H and O–H groups in total. The number of para-hydroxylation sites is 1. The molecule has 0 fully saturated rings. The van der Waals surface area contributed by atoms with E-state index in [2.05, 4.69) is 16.9 Å². The van der Waals surface area contributed by atoms with Gasteiger partial charge in [0, 0.05) is 29.7 Å². The number of allylic oxidation sites excluding steroid dienone is 4. The van der Waals surface area contributed by atoms with Crippen LogP contribution in [0.2, 0.25) is 0 Å². The van der Waals surface area contributed by atoms with Crippen LogP contribution in [0.3, 0.4) is 0 Å². The van der Waals surface area contributed by atoms with Crippen molar-refractivity contribution in [2.75, 3.05) is 5.32 Å². The van der Waals surface area contributed by atoms with E-state index in [0.717, 1.165) is 16.9 Å². The van der Waals surface area contributed by atoms with Gasteiger partial charge in [-0.2, -0.15) is 0 Å². The van der Waals surface area contributed by atoms with E-state index in [9.17, 15) is 4.79 Å². The summed E-state index contributed by atoms with van der Waals surface area (Å²) in [6.07, 6.45) is 8.98. The standard InChI is InChI=1S/C28H25N3O2/c1-3-11-22(12-4-2)30-27-18-26(32)24-19-29-28(33-20-21-13-7-5-8-14-21)17-25(24)31(27)23-15-9-6-10-16-23/h3-19,30H,1,20H2,2H3/b12-4-,22-11+. The maximum absolute atomic E-state index is 13.0. The molecule has 2 aromatic heterocycles. The maximum Gasteiger partial charge on any atom is 0.215 e. The number of pyridine rings is 2. The quantitative estimate of drug-likeness (QED) is 0.344. The van der Waals surface area contributed by atoms with Gasteiger partial charge < -0.3 is 10.1 Å². The van der Waals surface area contributed by atoms with Crippen molar-refractivity contribution in [3.63, 3.8) is 0 Å². The molecule has 0 amide bonds. The minimum Gasteiger partial charge on any atom is -0.473 e. The van der Waals surface area contributed by atoms with Crippen LogP contribution in [-0.2, 0) is 6.61 Å². The lowest BCUT2D eigenvalue weighted by Crippen LogP contribution is -2.14. The van der Waals surface area contributed by atoms with E-state index in [1.54, 1.807) is 18.3 Å². The number of fused-ring (bicyclic) bond motifs is 1. The topological polar surface area (TPSA) is 56.1 Å². The van der Waals surface area contributed by atoms with Crippen molar-refractivity contribution in [1.29, 1.82) is 0 Å². The van der Waals surface area contributed by atoms with Gasteiger partial charge in [-0.05, 0) is 36.8 Å². The largest absolute Gasteiger partial charge is 0.473 e. The van der Waals surface area contributed by atoms with E-state index < -0.39 is 0 Å². The first-order valence-corrected chi connectivity index (χ1v) is 10.7. The lowest BCUT2D eigenvalue weighted by atomic mass is 10.2. The molecule has 0 atom stereocenters. The molecule has 2 heterocycles. The zero-order valence-electron chi connectivity index (χ0n) is 18.4.